The van der Waals surface area contributed by atoms with Crippen molar-refractivity contribution in [3.8, 4) is 5.75 Å². The summed E-state index contributed by atoms with van der Waals surface area (Å²) in [6.45, 7) is 2.43. The third kappa shape index (κ3) is 2.79. The van der Waals surface area contributed by atoms with E-state index in [-0.39, 0.29) is 17.7 Å². The number of nitrogens with zero attached hydrogens (tertiary/aromatic N) is 1. The van der Waals surface area contributed by atoms with Gasteiger partial charge in [0.15, 0.2) is 0 Å². The molecule has 1 heterocycles. The summed E-state index contributed by atoms with van der Waals surface area (Å²) in [5, 5.41) is 21.7. The van der Waals surface area contributed by atoms with E-state index in [1.807, 2.05) is 24.3 Å². The number of aliphatic hydroxyl groups excluding tert-OH is 1. The van der Waals surface area contributed by atoms with Crippen molar-refractivity contribution in [1.29, 1.82) is 0 Å². The Morgan fingerprint density at radius 3 is 2.68 bits per heavy atom. The Hall–Kier alpha value is -2.07. The van der Waals surface area contributed by atoms with E-state index < -0.39 is 6.10 Å². The second-order valence-corrected chi connectivity index (χ2v) is 6.10. The first kappa shape index (κ1) is 14.9. The van der Waals surface area contributed by atoms with Crippen molar-refractivity contribution >= 4 is 16.7 Å². The van der Waals surface area contributed by atoms with E-state index in [0.29, 0.717) is 18.5 Å². The van der Waals surface area contributed by atoms with E-state index in [0.717, 1.165) is 23.6 Å². The van der Waals surface area contributed by atoms with Gasteiger partial charge in [0.2, 0.25) is 0 Å². The Morgan fingerprint density at radius 2 is 2.00 bits per heavy atom. The molecule has 0 aromatic heterocycles. The quantitative estimate of drug-likeness (QED) is 0.916. The first-order valence-electron chi connectivity index (χ1n) is 7.77. The van der Waals surface area contributed by atoms with Gasteiger partial charge in [-0.05, 0) is 49.1 Å². The van der Waals surface area contributed by atoms with E-state index in [1.54, 1.807) is 24.0 Å². The number of hydrogen-bond acceptors (Lipinski definition) is 3. The number of aliphatic hydroxyl groups is 1. The van der Waals surface area contributed by atoms with Gasteiger partial charge in [0.1, 0.15) is 5.75 Å². The molecule has 1 amide bonds. The lowest BCUT2D eigenvalue weighted by atomic mass is 10.0. The molecule has 0 aliphatic carbocycles. The summed E-state index contributed by atoms with van der Waals surface area (Å²) in [5.41, 5.74) is 0.344. The first-order chi connectivity index (χ1) is 10.6. The average molecular weight is 299 g/mol. The van der Waals surface area contributed by atoms with Crippen molar-refractivity contribution in [1.82, 2.24) is 4.90 Å². The molecule has 0 unspecified atom stereocenters. The van der Waals surface area contributed by atoms with Gasteiger partial charge in [-0.25, -0.2) is 0 Å². The molecule has 1 aliphatic rings. The average Bonchev–Trinajstić information content (AvgIpc) is 2.93. The number of hydrogen-bond donors (Lipinski definition) is 2. The van der Waals surface area contributed by atoms with Gasteiger partial charge in [0.25, 0.3) is 5.91 Å². The Labute approximate surface area is 130 Å². The fourth-order valence-electron chi connectivity index (χ4n) is 3.30. The van der Waals surface area contributed by atoms with Crippen LogP contribution in [-0.4, -0.2) is 39.7 Å². The zero-order valence-corrected chi connectivity index (χ0v) is 12.7. The van der Waals surface area contributed by atoms with Crippen molar-refractivity contribution in [3.05, 3.63) is 42.0 Å². The number of phenolic OH excluding ortho intramolecular Hbond substituents is 1. The fourth-order valence-corrected chi connectivity index (χ4v) is 3.30. The van der Waals surface area contributed by atoms with Crippen LogP contribution >= 0.6 is 0 Å². The second kappa shape index (κ2) is 5.97. The van der Waals surface area contributed by atoms with Crippen LogP contribution in [0.3, 0.4) is 0 Å². The molecule has 1 fully saturated rings. The van der Waals surface area contributed by atoms with Gasteiger partial charge in [-0.3, -0.25) is 4.79 Å². The summed E-state index contributed by atoms with van der Waals surface area (Å²) in [6.07, 6.45) is 2.01. The SMILES string of the molecule is C[C@@H](O)C[C@@H]1CCCN1C(=O)c1cc2ccccc2cc1O. The number of benzene rings is 2. The van der Waals surface area contributed by atoms with Gasteiger partial charge in [-0.15, -0.1) is 0 Å². The minimum absolute atomic E-state index is 0.0198. The number of likely N-dealkylation sites (tertiary alicyclic amines) is 1. The lowest BCUT2D eigenvalue weighted by Crippen LogP contribution is -2.37. The van der Waals surface area contributed by atoms with Gasteiger partial charge in [-0.2, -0.15) is 0 Å². The van der Waals surface area contributed by atoms with Crippen molar-refractivity contribution in [2.24, 2.45) is 0 Å². The standard InChI is InChI=1S/C18H21NO3/c1-12(20)9-15-7-4-8-19(15)18(22)16-10-13-5-2-3-6-14(13)11-17(16)21/h2-3,5-6,10-12,15,20-21H,4,7-9H2,1H3/t12-,15+/m1/s1. The minimum atomic E-state index is -0.427. The Kier molecular flexibility index (Phi) is 4.03. The van der Waals surface area contributed by atoms with Crippen LogP contribution in [0.15, 0.2) is 36.4 Å². The minimum Gasteiger partial charge on any atom is -0.507 e. The number of carbonyl (C=O) groups is 1. The molecule has 3 rings (SSSR count). The molecule has 4 nitrogen and oxygen atoms in total. The smallest absolute Gasteiger partial charge is 0.257 e. The van der Waals surface area contributed by atoms with Crippen LogP contribution in [0, 0.1) is 0 Å². The first-order valence-corrected chi connectivity index (χ1v) is 7.77. The fraction of sp³-hybridized carbons (Fsp3) is 0.389. The molecule has 0 spiro atoms. The van der Waals surface area contributed by atoms with Crippen molar-refractivity contribution in [2.75, 3.05) is 6.54 Å². The van der Waals surface area contributed by atoms with Crippen LogP contribution in [0.25, 0.3) is 10.8 Å². The maximum atomic E-state index is 12.8. The van der Waals surface area contributed by atoms with E-state index in [4.69, 9.17) is 0 Å². The van der Waals surface area contributed by atoms with Crippen LogP contribution in [0.1, 0.15) is 36.5 Å². The van der Waals surface area contributed by atoms with E-state index in [1.165, 1.54) is 0 Å². The maximum Gasteiger partial charge on any atom is 0.257 e. The molecule has 0 saturated carbocycles. The van der Waals surface area contributed by atoms with Crippen molar-refractivity contribution < 1.29 is 15.0 Å². The molecule has 4 heteroatoms. The molecule has 2 atom stereocenters. The summed E-state index contributed by atoms with van der Waals surface area (Å²) < 4.78 is 0. The summed E-state index contributed by atoms with van der Waals surface area (Å²) in [5.74, 6) is -0.127. The second-order valence-electron chi connectivity index (χ2n) is 6.10. The highest BCUT2D eigenvalue weighted by atomic mass is 16.3. The Bertz CT molecular complexity index is 696. The zero-order chi connectivity index (χ0) is 15.7. The molecule has 2 aromatic carbocycles. The number of fused-ring (bicyclic) bond motifs is 1. The largest absolute Gasteiger partial charge is 0.507 e. The van der Waals surface area contributed by atoms with Crippen LogP contribution in [0.2, 0.25) is 0 Å². The van der Waals surface area contributed by atoms with Gasteiger partial charge in [0.05, 0.1) is 11.7 Å². The van der Waals surface area contributed by atoms with Gasteiger partial charge < -0.3 is 15.1 Å². The van der Waals surface area contributed by atoms with Gasteiger partial charge in [-0.1, -0.05) is 24.3 Å². The number of carbonyl (C=O) groups excluding carboxylic acids is 1. The summed E-state index contributed by atoms with van der Waals surface area (Å²) in [7, 11) is 0. The number of phenols is 1. The summed E-state index contributed by atoms with van der Waals surface area (Å²) >= 11 is 0. The summed E-state index contributed by atoms with van der Waals surface area (Å²) in [4.78, 5) is 14.6. The lowest BCUT2D eigenvalue weighted by molar-refractivity contribution is 0.0679. The van der Waals surface area contributed by atoms with Crippen molar-refractivity contribution in [2.45, 2.75) is 38.3 Å². The highest BCUT2D eigenvalue weighted by Crippen LogP contribution is 2.29. The summed E-state index contributed by atoms with van der Waals surface area (Å²) in [6, 6.07) is 11.1. The van der Waals surface area contributed by atoms with Gasteiger partial charge in [0, 0.05) is 12.6 Å². The Balaban J connectivity index is 1.92. The van der Waals surface area contributed by atoms with Crippen LogP contribution in [0.4, 0.5) is 0 Å². The maximum absolute atomic E-state index is 12.8. The molecule has 1 aliphatic heterocycles. The third-order valence-electron chi connectivity index (χ3n) is 4.35. The number of aromatic hydroxyl groups is 1. The molecular weight excluding hydrogens is 278 g/mol. The zero-order valence-electron chi connectivity index (χ0n) is 12.7. The molecule has 22 heavy (non-hydrogen) atoms. The lowest BCUT2D eigenvalue weighted by Gasteiger charge is -2.26. The normalized spacial score (nSPS) is 19.5. The van der Waals surface area contributed by atoms with E-state index in [9.17, 15) is 15.0 Å². The molecule has 1 saturated heterocycles. The topological polar surface area (TPSA) is 60.8 Å². The molecule has 0 radical (unpaired) electrons. The molecular formula is C18H21NO3. The van der Waals surface area contributed by atoms with Crippen LogP contribution in [-0.2, 0) is 0 Å². The third-order valence-corrected chi connectivity index (χ3v) is 4.35. The van der Waals surface area contributed by atoms with Crippen LogP contribution in [0.5, 0.6) is 5.75 Å². The highest BCUT2D eigenvalue weighted by Gasteiger charge is 2.31. The van der Waals surface area contributed by atoms with Gasteiger partial charge >= 0.3 is 0 Å². The highest BCUT2D eigenvalue weighted by molar-refractivity contribution is 6.01. The molecule has 0 bridgehead atoms. The van der Waals surface area contributed by atoms with Crippen molar-refractivity contribution in [3.63, 3.8) is 0 Å². The molecule has 116 valence electrons. The predicted octanol–water partition coefficient (Wildman–Crippen LogP) is 2.92. The number of rotatable bonds is 3. The number of amides is 1. The molecule has 2 N–H and O–H groups in total. The monoisotopic (exact) mass is 299 g/mol. The van der Waals surface area contributed by atoms with Crippen LogP contribution < -0.4 is 0 Å². The van der Waals surface area contributed by atoms with E-state index >= 15 is 0 Å². The predicted molar refractivity (Wildman–Crippen MR) is 86.0 cm³/mol. The van der Waals surface area contributed by atoms with E-state index in [2.05, 4.69) is 0 Å². The Morgan fingerprint density at radius 1 is 1.32 bits per heavy atom. The molecule has 2 aromatic rings.